The highest BCUT2D eigenvalue weighted by Crippen LogP contribution is 2.33. The van der Waals surface area contributed by atoms with Crippen molar-refractivity contribution in [2.75, 3.05) is 17.2 Å². The maximum Gasteiger partial charge on any atom is 0.227 e. The Kier molecular flexibility index (Phi) is 3.12. The number of aromatic nitrogens is 2. The zero-order chi connectivity index (χ0) is 13.4. The Labute approximate surface area is 119 Å². The van der Waals surface area contributed by atoms with Crippen molar-refractivity contribution in [3.05, 3.63) is 34.3 Å². The van der Waals surface area contributed by atoms with Crippen LogP contribution in [-0.4, -0.2) is 22.6 Å². The van der Waals surface area contributed by atoms with Gasteiger partial charge < -0.3 is 10.6 Å². The zero-order valence-electron chi connectivity index (χ0n) is 9.91. The predicted molar refractivity (Wildman–Crippen MR) is 75.5 cm³/mol. The SMILES string of the molecule is Nc1nnc([C@@H]2CC(=O)N(c3ccc(Cl)cc3)C2)s1. The van der Waals surface area contributed by atoms with Gasteiger partial charge in [-0.25, -0.2) is 0 Å². The third-order valence-corrected chi connectivity index (χ3v) is 4.24. The number of carbonyl (C=O) groups is 1. The van der Waals surface area contributed by atoms with Gasteiger partial charge in [0.15, 0.2) is 0 Å². The summed E-state index contributed by atoms with van der Waals surface area (Å²) in [5.74, 6) is 0.152. The number of amides is 1. The zero-order valence-corrected chi connectivity index (χ0v) is 11.5. The van der Waals surface area contributed by atoms with Gasteiger partial charge in [-0.15, -0.1) is 10.2 Å². The summed E-state index contributed by atoms with van der Waals surface area (Å²) in [6.07, 6.45) is 0.442. The van der Waals surface area contributed by atoms with Gasteiger partial charge in [-0.05, 0) is 24.3 Å². The Morgan fingerprint density at radius 3 is 2.68 bits per heavy atom. The van der Waals surface area contributed by atoms with Crippen LogP contribution in [0.25, 0.3) is 0 Å². The van der Waals surface area contributed by atoms with E-state index in [1.54, 1.807) is 17.0 Å². The molecule has 1 aromatic carbocycles. The second-order valence-corrected chi connectivity index (χ2v) is 5.84. The lowest BCUT2D eigenvalue weighted by atomic mass is 10.1. The molecular weight excluding hydrogens is 284 g/mol. The third kappa shape index (κ3) is 2.41. The van der Waals surface area contributed by atoms with Crippen LogP contribution in [0.3, 0.4) is 0 Å². The quantitative estimate of drug-likeness (QED) is 0.922. The smallest absolute Gasteiger partial charge is 0.227 e. The van der Waals surface area contributed by atoms with Crippen molar-refractivity contribution in [3.8, 4) is 0 Å². The molecule has 2 heterocycles. The molecule has 1 aliphatic rings. The summed E-state index contributed by atoms with van der Waals surface area (Å²) < 4.78 is 0. The van der Waals surface area contributed by atoms with Gasteiger partial charge in [0.1, 0.15) is 5.01 Å². The third-order valence-electron chi connectivity index (χ3n) is 3.07. The Morgan fingerprint density at radius 2 is 2.05 bits per heavy atom. The Bertz CT molecular complexity index is 612. The lowest BCUT2D eigenvalue weighted by Crippen LogP contribution is -2.24. The molecule has 1 aliphatic heterocycles. The van der Waals surface area contributed by atoms with E-state index in [9.17, 15) is 4.79 Å². The highest BCUT2D eigenvalue weighted by atomic mass is 35.5. The molecular formula is C12H11ClN4OS. The minimum atomic E-state index is 0.0676. The molecule has 5 nitrogen and oxygen atoms in total. The molecule has 0 spiro atoms. The minimum absolute atomic E-state index is 0.0676. The van der Waals surface area contributed by atoms with E-state index >= 15 is 0 Å². The Balaban J connectivity index is 1.82. The fourth-order valence-corrected chi connectivity index (χ4v) is 2.98. The molecule has 0 radical (unpaired) electrons. The summed E-state index contributed by atoms with van der Waals surface area (Å²) in [4.78, 5) is 13.8. The van der Waals surface area contributed by atoms with Gasteiger partial charge in [0.2, 0.25) is 11.0 Å². The number of hydrogen-bond acceptors (Lipinski definition) is 5. The number of carbonyl (C=O) groups excluding carboxylic acids is 1. The second-order valence-electron chi connectivity index (χ2n) is 4.36. The summed E-state index contributed by atoms with van der Waals surface area (Å²) >= 11 is 7.19. The first-order chi connectivity index (χ1) is 9.13. The van der Waals surface area contributed by atoms with Crippen molar-refractivity contribution in [2.24, 2.45) is 0 Å². The van der Waals surface area contributed by atoms with Crippen LogP contribution in [0.5, 0.6) is 0 Å². The molecule has 1 atom stereocenters. The average Bonchev–Trinajstić information content (AvgIpc) is 2.97. The lowest BCUT2D eigenvalue weighted by Gasteiger charge is -2.16. The van der Waals surface area contributed by atoms with Gasteiger partial charge >= 0.3 is 0 Å². The molecule has 1 aromatic heterocycles. The standard InChI is InChI=1S/C12H11ClN4OS/c13-8-1-3-9(4-2-8)17-6-7(5-10(17)18)11-15-16-12(14)19-11/h1-4,7H,5-6H2,(H2,14,16)/t7-/m1/s1. The van der Waals surface area contributed by atoms with Crippen LogP contribution in [0.15, 0.2) is 24.3 Å². The molecule has 1 fully saturated rings. The molecule has 1 amide bonds. The molecule has 19 heavy (non-hydrogen) atoms. The number of rotatable bonds is 2. The molecule has 2 N–H and O–H groups in total. The van der Waals surface area contributed by atoms with Crippen molar-refractivity contribution in [2.45, 2.75) is 12.3 Å². The molecule has 98 valence electrons. The van der Waals surface area contributed by atoms with Crippen LogP contribution in [-0.2, 0) is 4.79 Å². The second kappa shape index (κ2) is 4.79. The Morgan fingerprint density at radius 1 is 1.32 bits per heavy atom. The number of nitrogens with two attached hydrogens (primary N) is 1. The van der Waals surface area contributed by atoms with Crippen LogP contribution in [0, 0.1) is 0 Å². The molecule has 0 saturated carbocycles. The summed E-state index contributed by atoms with van der Waals surface area (Å²) in [7, 11) is 0. The van der Waals surface area contributed by atoms with E-state index in [1.807, 2.05) is 12.1 Å². The van der Waals surface area contributed by atoms with Crippen LogP contribution in [0.1, 0.15) is 17.3 Å². The normalized spacial score (nSPS) is 19.1. The van der Waals surface area contributed by atoms with Crippen molar-refractivity contribution in [1.29, 1.82) is 0 Å². The molecule has 0 unspecified atom stereocenters. The molecule has 2 aromatic rings. The summed E-state index contributed by atoms with van der Waals surface area (Å²) in [6, 6.07) is 7.25. The number of nitrogen functional groups attached to an aromatic ring is 1. The van der Waals surface area contributed by atoms with Gasteiger partial charge in [-0.1, -0.05) is 22.9 Å². The van der Waals surface area contributed by atoms with E-state index < -0.39 is 0 Å². The number of anilines is 2. The summed E-state index contributed by atoms with van der Waals surface area (Å²) in [6.45, 7) is 0.606. The Hall–Kier alpha value is -1.66. The summed E-state index contributed by atoms with van der Waals surface area (Å²) in [5, 5.41) is 9.73. The number of hydrogen-bond donors (Lipinski definition) is 1. The van der Waals surface area contributed by atoms with Gasteiger partial charge in [0, 0.05) is 29.6 Å². The van der Waals surface area contributed by atoms with Gasteiger partial charge in [0.25, 0.3) is 0 Å². The molecule has 0 aliphatic carbocycles. The van der Waals surface area contributed by atoms with Crippen molar-refractivity contribution in [1.82, 2.24) is 10.2 Å². The van der Waals surface area contributed by atoms with E-state index in [1.165, 1.54) is 11.3 Å². The minimum Gasteiger partial charge on any atom is -0.374 e. The van der Waals surface area contributed by atoms with Crippen LogP contribution < -0.4 is 10.6 Å². The van der Waals surface area contributed by atoms with Crippen LogP contribution in [0.2, 0.25) is 5.02 Å². The van der Waals surface area contributed by atoms with E-state index in [-0.39, 0.29) is 11.8 Å². The molecule has 0 bridgehead atoms. The fraction of sp³-hybridized carbons (Fsp3) is 0.250. The van der Waals surface area contributed by atoms with E-state index in [4.69, 9.17) is 17.3 Å². The predicted octanol–water partition coefficient (Wildman–Crippen LogP) is 2.29. The number of halogens is 1. The fourth-order valence-electron chi connectivity index (χ4n) is 2.16. The first kappa shape index (κ1) is 12.4. The maximum atomic E-state index is 12.1. The van der Waals surface area contributed by atoms with Gasteiger partial charge in [-0.3, -0.25) is 4.79 Å². The molecule has 7 heteroatoms. The topological polar surface area (TPSA) is 72.1 Å². The first-order valence-corrected chi connectivity index (χ1v) is 6.98. The molecule has 1 saturated heterocycles. The average molecular weight is 295 g/mol. The lowest BCUT2D eigenvalue weighted by molar-refractivity contribution is -0.117. The van der Waals surface area contributed by atoms with Crippen molar-refractivity contribution in [3.63, 3.8) is 0 Å². The first-order valence-electron chi connectivity index (χ1n) is 5.78. The number of nitrogens with zero attached hydrogens (tertiary/aromatic N) is 3. The van der Waals surface area contributed by atoms with Crippen molar-refractivity contribution < 1.29 is 4.79 Å². The van der Waals surface area contributed by atoms with E-state index in [0.717, 1.165) is 10.7 Å². The monoisotopic (exact) mass is 294 g/mol. The maximum absolute atomic E-state index is 12.1. The highest BCUT2D eigenvalue weighted by Gasteiger charge is 2.33. The van der Waals surface area contributed by atoms with Gasteiger partial charge in [-0.2, -0.15) is 0 Å². The largest absolute Gasteiger partial charge is 0.374 e. The van der Waals surface area contributed by atoms with Gasteiger partial charge in [0.05, 0.1) is 0 Å². The van der Waals surface area contributed by atoms with Crippen molar-refractivity contribution >= 4 is 39.7 Å². The van der Waals surface area contributed by atoms with Crippen LogP contribution in [0.4, 0.5) is 10.8 Å². The van der Waals surface area contributed by atoms with Crippen LogP contribution >= 0.6 is 22.9 Å². The summed E-state index contributed by atoms with van der Waals surface area (Å²) in [5.41, 5.74) is 6.43. The van der Waals surface area contributed by atoms with E-state index in [0.29, 0.717) is 23.1 Å². The highest BCUT2D eigenvalue weighted by molar-refractivity contribution is 7.15. The molecule has 3 rings (SSSR count). The van der Waals surface area contributed by atoms with E-state index in [2.05, 4.69) is 10.2 Å². The number of benzene rings is 1.